The van der Waals surface area contributed by atoms with Crippen LogP contribution >= 0.6 is 11.3 Å². The van der Waals surface area contributed by atoms with Gasteiger partial charge in [-0.05, 0) is 26.7 Å². The summed E-state index contributed by atoms with van der Waals surface area (Å²) in [6, 6.07) is 0. The highest BCUT2D eigenvalue weighted by molar-refractivity contribution is 7.17. The number of carbonyl (C=O) groups is 2. The van der Waals surface area contributed by atoms with Gasteiger partial charge in [0.2, 0.25) is 0 Å². The molecule has 0 aromatic carbocycles. The Morgan fingerprint density at radius 2 is 1.50 bits per heavy atom. The van der Waals surface area contributed by atoms with Crippen molar-refractivity contribution >= 4 is 28.3 Å². The minimum Gasteiger partial charge on any atom is -0.462 e. The molecular weight excluding hydrogens is 302 g/mol. The molecule has 0 aliphatic rings. The topological polar surface area (TPSA) is 55.8 Å². The van der Waals surface area contributed by atoms with Crippen LogP contribution in [0.25, 0.3) is 0 Å². The van der Waals surface area contributed by atoms with E-state index in [1.807, 2.05) is 39.6 Å². The molecule has 0 atom stereocenters. The zero-order chi connectivity index (χ0) is 16.7. The molecule has 1 rings (SSSR count). The normalized spacial score (nSPS) is 10.4. The predicted molar refractivity (Wildman–Crippen MR) is 89.1 cm³/mol. The van der Waals surface area contributed by atoms with E-state index in [1.54, 1.807) is 0 Å². The molecule has 0 spiro atoms. The molecule has 22 heavy (non-hydrogen) atoms. The van der Waals surface area contributed by atoms with E-state index in [-0.39, 0.29) is 0 Å². The standard InChI is InChI=1S/C16H25NO4S/c1-6-9-20-15(18)12-11(4)22-14(17(5)8-3)13(12)16(19)21-10-7-2/h6-10H2,1-5H3. The number of rotatable bonds is 8. The van der Waals surface area contributed by atoms with Gasteiger partial charge in [-0.2, -0.15) is 0 Å². The third kappa shape index (κ3) is 4.22. The Hall–Kier alpha value is -1.56. The molecule has 0 radical (unpaired) electrons. The van der Waals surface area contributed by atoms with Crippen LogP contribution in [0, 0.1) is 6.92 Å². The highest BCUT2D eigenvalue weighted by Crippen LogP contribution is 2.36. The Morgan fingerprint density at radius 1 is 1.00 bits per heavy atom. The first-order valence-corrected chi connectivity index (χ1v) is 8.48. The number of anilines is 1. The fourth-order valence-electron chi connectivity index (χ4n) is 1.91. The van der Waals surface area contributed by atoms with E-state index in [0.29, 0.717) is 24.3 Å². The Bertz CT molecular complexity index is 524. The van der Waals surface area contributed by atoms with Gasteiger partial charge in [0.1, 0.15) is 10.6 Å². The monoisotopic (exact) mass is 327 g/mol. The molecule has 124 valence electrons. The summed E-state index contributed by atoms with van der Waals surface area (Å²) in [5, 5.41) is 0.754. The number of hydrogen-bond donors (Lipinski definition) is 0. The van der Waals surface area contributed by atoms with Crippen LogP contribution in [-0.4, -0.2) is 38.7 Å². The van der Waals surface area contributed by atoms with Gasteiger partial charge < -0.3 is 14.4 Å². The summed E-state index contributed by atoms with van der Waals surface area (Å²) < 4.78 is 10.5. The molecule has 1 aromatic rings. The van der Waals surface area contributed by atoms with Gasteiger partial charge in [-0.3, -0.25) is 0 Å². The van der Waals surface area contributed by atoms with Crippen LogP contribution in [0.3, 0.4) is 0 Å². The van der Waals surface area contributed by atoms with Crippen LogP contribution in [-0.2, 0) is 9.47 Å². The third-order valence-corrected chi connectivity index (χ3v) is 4.39. The van der Waals surface area contributed by atoms with Crippen LogP contribution in [0.2, 0.25) is 0 Å². The van der Waals surface area contributed by atoms with Gasteiger partial charge in [0.05, 0.1) is 18.8 Å². The maximum atomic E-state index is 12.4. The number of thiophene rings is 1. The first kappa shape index (κ1) is 18.5. The van der Waals surface area contributed by atoms with Gasteiger partial charge in [-0.1, -0.05) is 13.8 Å². The summed E-state index contributed by atoms with van der Waals surface area (Å²) >= 11 is 1.42. The number of nitrogens with zero attached hydrogens (tertiary/aromatic N) is 1. The second-order valence-electron chi connectivity index (χ2n) is 5.00. The Morgan fingerprint density at radius 3 is 1.95 bits per heavy atom. The van der Waals surface area contributed by atoms with Crippen molar-refractivity contribution in [2.75, 3.05) is 31.7 Å². The molecule has 1 aromatic heterocycles. The van der Waals surface area contributed by atoms with Crippen molar-refractivity contribution < 1.29 is 19.1 Å². The van der Waals surface area contributed by atoms with E-state index in [1.165, 1.54) is 11.3 Å². The number of ether oxygens (including phenoxy) is 2. The lowest BCUT2D eigenvalue weighted by Gasteiger charge is -2.16. The molecule has 1 heterocycles. The SMILES string of the molecule is CCCOC(=O)c1c(C)sc(N(C)CC)c1C(=O)OCCC. The largest absolute Gasteiger partial charge is 0.462 e. The molecular formula is C16H25NO4S. The maximum absolute atomic E-state index is 12.4. The van der Waals surface area contributed by atoms with Gasteiger partial charge in [0, 0.05) is 18.5 Å². The Kier molecular flexibility index (Phi) is 7.38. The minimum absolute atomic E-state index is 0.335. The first-order valence-electron chi connectivity index (χ1n) is 7.66. The number of carbonyl (C=O) groups excluding carboxylic acids is 2. The van der Waals surface area contributed by atoms with Crippen LogP contribution < -0.4 is 4.90 Å². The molecule has 0 amide bonds. The van der Waals surface area contributed by atoms with Gasteiger partial charge >= 0.3 is 11.9 Å². The smallest absolute Gasteiger partial charge is 0.342 e. The van der Waals surface area contributed by atoms with Crippen LogP contribution in [0.1, 0.15) is 59.2 Å². The molecule has 0 aliphatic heterocycles. The summed E-state index contributed by atoms with van der Waals surface area (Å²) in [5.41, 5.74) is 0.677. The maximum Gasteiger partial charge on any atom is 0.342 e. The highest BCUT2D eigenvalue weighted by Gasteiger charge is 2.29. The molecule has 0 bridgehead atoms. The van der Waals surface area contributed by atoms with Crippen molar-refractivity contribution in [3.05, 3.63) is 16.0 Å². The van der Waals surface area contributed by atoms with E-state index in [0.717, 1.165) is 29.3 Å². The van der Waals surface area contributed by atoms with E-state index >= 15 is 0 Å². The first-order chi connectivity index (χ1) is 10.5. The van der Waals surface area contributed by atoms with Crippen molar-refractivity contribution in [1.29, 1.82) is 0 Å². The predicted octanol–water partition coefficient (Wildman–Crippen LogP) is 3.65. The summed E-state index contributed by atoms with van der Waals surface area (Å²) in [7, 11) is 1.89. The minimum atomic E-state index is -0.454. The van der Waals surface area contributed by atoms with Gasteiger partial charge in [0.25, 0.3) is 0 Å². The lowest BCUT2D eigenvalue weighted by molar-refractivity contribution is 0.0459. The molecule has 6 heteroatoms. The quantitative estimate of drug-likeness (QED) is 0.682. The number of hydrogen-bond acceptors (Lipinski definition) is 6. The second kappa shape index (κ2) is 8.78. The highest BCUT2D eigenvalue weighted by atomic mass is 32.1. The molecule has 0 fully saturated rings. The van der Waals surface area contributed by atoms with Gasteiger partial charge in [0.15, 0.2) is 0 Å². The summed E-state index contributed by atoms with van der Waals surface area (Å²) in [5.74, 6) is -0.903. The van der Waals surface area contributed by atoms with Crippen molar-refractivity contribution in [2.24, 2.45) is 0 Å². The van der Waals surface area contributed by atoms with Crippen molar-refractivity contribution in [1.82, 2.24) is 0 Å². The molecule has 0 saturated heterocycles. The molecule has 0 N–H and O–H groups in total. The van der Waals surface area contributed by atoms with Crippen LogP contribution in [0.15, 0.2) is 0 Å². The van der Waals surface area contributed by atoms with E-state index < -0.39 is 11.9 Å². The summed E-state index contributed by atoms with van der Waals surface area (Å²) in [6.45, 7) is 9.10. The number of aryl methyl sites for hydroxylation is 1. The molecule has 0 unspecified atom stereocenters. The zero-order valence-corrected chi connectivity index (χ0v) is 14.8. The summed E-state index contributed by atoms with van der Waals surface area (Å²) in [4.78, 5) is 27.4. The average molecular weight is 327 g/mol. The van der Waals surface area contributed by atoms with Crippen LogP contribution in [0.5, 0.6) is 0 Å². The molecule has 0 aliphatic carbocycles. The average Bonchev–Trinajstić information content (AvgIpc) is 2.86. The lowest BCUT2D eigenvalue weighted by atomic mass is 10.1. The zero-order valence-electron chi connectivity index (χ0n) is 14.0. The third-order valence-electron chi connectivity index (χ3n) is 3.17. The van der Waals surface area contributed by atoms with E-state index in [9.17, 15) is 9.59 Å². The lowest BCUT2D eigenvalue weighted by Crippen LogP contribution is -2.20. The molecule has 0 saturated carbocycles. The van der Waals surface area contributed by atoms with Crippen molar-refractivity contribution in [3.8, 4) is 0 Å². The Balaban J connectivity index is 3.26. The Labute approximate surface area is 136 Å². The second-order valence-corrected chi connectivity index (χ2v) is 6.20. The van der Waals surface area contributed by atoms with Crippen molar-refractivity contribution in [3.63, 3.8) is 0 Å². The fourth-order valence-corrected chi connectivity index (χ4v) is 3.06. The van der Waals surface area contributed by atoms with Gasteiger partial charge in [-0.15, -0.1) is 11.3 Å². The van der Waals surface area contributed by atoms with Crippen molar-refractivity contribution in [2.45, 2.75) is 40.5 Å². The van der Waals surface area contributed by atoms with E-state index in [4.69, 9.17) is 9.47 Å². The van der Waals surface area contributed by atoms with Crippen LogP contribution in [0.4, 0.5) is 5.00 Å². The number of esters is 2. The summed E-state index contributed by atoms with van der Waals surface area (Å²) in [6.07, 6.45) is 1.48. The molecule has 5 nitrogen and oxygen atoms in total. The van der Waals surface area contributed by atoms with Gasteiger partial charge in [-0.25, -0.2) is 9.59 Å². The van der Waals surface area contributed by atoms with E-state index in [2.05, 4.69) is 0 Å². The fraction of sp³-hybridized carbons (Fsp3) is 0.625.